The second-order valence-electron chi connectivity index (χ2n) is 3.71. The van der Waals surface area contributed by atoms with E-state index in [-0.39, 0.29) is 0 Å². The fourth-order valence-electron chi connectivity index (χ4n) is 1.73. The van der Waals surface area contributed by atoms with E-state index in [1.165, 1.54) is 38.8 Å². The van der Waals surface area contributed by atoms with Crippen molar-refractivity contribution in [2.75, 3.05) is 19.3 Å². The van der Waals surface area contributed by atoms with Gasteiger partial charge in [0, 0.05) is 31.9 Å². The van der Waals surface area contributed by atoms with Crippen molar-refractivity contribution in [2.45, 2.75) is 39.5 Å². The zero-order valence-corrected chi connectivity index (χ0v) is 10.6. The Hall–Kier alpha value is -0.420. The smallest absolute Gasteiger partial charge is 0.152 e. The van der Waals surface area contributed by atoms with E-state index >= 15 is 0 Å². The van der Waals surface area contributed by atoms with Gasteiger partial charge in [-0.15, -0.1) is 0 Å². The van der Waals surface area contributed by atoms with Crippen LogP contribution in [0, 0.1) is 0 Å². The number of nitrogens with zero attached hydrogens (tertiary/aromatic N) is 1. The van der Waals surface area contributed by atoms with Gasteiger partial charge in [0.1, 0.15) is 13.1 Å². The minimum Gasteiger partial charge on any atom is -0.748 e. The van der Waals surface area contributed by atoms with E-state index in [1.807, 2.05) is 0 Å². The predicted molar refractivity (Wildman–Crippen MR) is 60.4 cm³/mol. The van der Waals surface area contributed by atoms with Crippen LogP contribution in [0.15, 0.2) is 0 Å². The summed E-state index contributed by atoms with van der Waals surface area (Å²) >= 11 is 0. The standard InChI is InChI=1S/C9H18N.CH4O3S/c1-3-7-10-8-5-6-9(10)4-2;1-5(2,3)4/h3-8H2,1-2H3;1H3,(H,2,3,4)/q+1;/p-1. The molecule has 0 saturated heterocycles. The summed E-state index contributed by atoms with van der Waals surface area (Å²) in [7, 11) is -3.92. The van der Waals surface area contributed by atoms with Gasteiger partial charge in [-0.3, -0.25) is 0 Å². The van der Waals surface area contributed by atoms with Crippen LogP contribution in [0.5, 0.6) is 0 Å². The first-order valence-corrected chi connectivity index (χ1v) is 7.20. The van der Waals surface area contributed by atoms with Crippen LogP contribution < -0.4 is 0 Å². The zero-order valence-electron chi connectivity index (χ0n) is 9.82. The molecule has 0 aromatic heterocycles. The van der Waals surface area contributed by atoms with E-state index < -0.39 is 10.1 Å². The molecule has 5 heteroatoms. The third-order valence-corrected chi connectivity index (χ3v) is 2.24. The van der Waals surface area contributed by atoms with Gasteiger partial charge >= 0.3 is 0 Å². The Kier molecular flexibility index (Phi) is 6.76. The van der Waals surface area contributed by atoms with Crippen LogP contribution in [0.1, 0.15) is 39.5 Å². The number of rotatable bonds is 3. The number of hydrogen-bond acceptors (Lipinski definition) is 3. The predicted octanol–water partition coefficient (Wildman–Crippen LogP) is 1.22. The Labute approximate surface area is 92.8 Å². The monoisotopic (exact) mass is 235 g/mol. The van der Waals surface area contributed by atoms with Crippen molar-refractivity contribution in [1.29, 1.82) is 0 Å². The second kappa shape index (κ2) is 6.95. The molecule has 0 radical (unpaired) electrons. The summed E-state index contributed by atoms with van der Waals surface area (Å²) in [6, 6.07) is 0. The molecule has 0 bridgehead atoms. The summed E-state index contributed by atoms with van der Waals surface area (Å²) < 4.78 is 29.8. The van der Waals surface area contributed by atoms with E-state index in [9.17, 15) is 0 Å². The van der Waals surface area contributed by atoms with Crippen LogP contribution in [0.4, 0.5) is 0 Å². The fraction of sp³-hybridized carbons (Fsp3) is 0.900. The van der Waals surface area contributed by atoms with Gasteiger partial charge in [0.2, 0.25) is 0 Å². The van der Waals surface area contributed by atoms with Crippen LogP contribution in [-0.2, 0) is 10.1 Å². The molecule has 4 nitrogen and oxygen atoms in total. The summed E-state index contributed by atoms with van der Waals surface area (Å²) in [4.78, 5) is 0. The normalized spacial score (nSPS) is 16.3. The average Bonchev–Trinajstić information content (AvgIpc) is 2.49. The minimum atomic E-state index is -3.92. The second-order valence-corrected chi connectivity index (χ2v) is 5.12. The first-order valence-electron chi connectivity index (χ1n) is 5.39. The van der Waals surface area contributed by atoms with Gasteiger partial charge in [-0.1, -0.05) is 13.8 Å². The van der Waals surface area contributed by atoms with E-state index in [2.05, 4.69) is 18.4 Å². The largest absolute Gasteiger partial charge is 0.748 e. The molecule has 0 atom stereocenters. The van der Waals surface area contributed by atoms with Crippen LogP contribution in [0.25, 0.3) is 0 Å². The molecule has 1 aliphatic heterocycles. The lowest BCUT2D eigenvalue weighted by atomic mass is 10.2. The number of hydrogen-bond donors (Lipinski definition) is 0. The van der Waals surface area contributed by atoms with E-state index in [4.69, 9.17) is 13.0 Å². The van der Waals surface area contributed by atoms with Gasteiger partial charge in [0.25, 0.3) is 0 Å². The highest BCUT2D eigenvalue weighted by Crippen LogP contribution is 2.07. The molecule has 90 valence electrons. The maximum atomic E-state index is 9.08. The molecule has 1 rings (SSSR count). The molecule has 15 heavy (non-hydrogen) atoms. The highest BCUT2D eigenvalue weighted by Gasteiger charge is 2.18. The Morgan fingerprint density at radius 3 is 2.33 bits per heavy atom. The molecule has 0 aromatic carbocycles. The third kappa shape index (κ3) is 8.57. The van der Waals surface area contributed by atoms with Crippen molar-refractivity contribution >= 4 is 15.8 Å². The molecule has 0 aliphatic carbocycles. The highest BCUT2D eigenvalue weighted by atomic mass is 32.2. The Bertz CT molecular complexity index is 299. The first kappa shape index (κ1) is 14.6. The molecule has 0 amide bonds. The molecule has 1 aliphatic rings. The van der Waals surface area contributed by atoms with Crippen molar-refractivity contribution in [3.8, 4) is 0 Å². The van der Waals surface area contributed by atoms with Crippen molar-refractivity contribution in [3.63, 3.8) is 0 Å². The SMILES string of the molecule is CCC[N+]1=C(CC)CCC1.CS(=O)(=O)[O-]. The highest BCUT2D eigenvalue weighted by molar-refractivity contribution is 7.84. The quantitative estimate of drug-likeness (QED) is 0.546. The van der Waals surface area contributed by atoms with Crippen LogP contribution in [-0.4, -0.2) is 42.6 Å². The topological polar surface area (TPSA) is 60.2 Å². The van der Waals surface area contributed by atoms with Crippen molar-refractivity contribution in [2.24, 2.45) is 0 Å². The summed E-state index contributed by atoms with van der Waals surface area (Å²) in [5.74, 6) is 0. The summed E-state index contributed by atoms with van der Waals surface area (Å²) in [5.41, 5.74) is 1.68. The molecule has 0 aromatic rings. The van der Waals surface area contributed by atoms with Crippen molar-refractivity contribution in [1.82, 2.24) is 0 Å². The Morgan fingerprint density at radius 2 is 1.93 bits per heavy atom. The lowest BCUT2D eigenvalue weighted by Crippen LogP contribution is -2.15. The van der Waals surface area contributed by atoms with E-state index in [1.54, 1.807) is 5.71 Å². The zero-order chi connectivity index (χ0) is 11.9. The summed E-state index contributed by atoms with van der Waals surface area (Å²) in [6.45, 7) is 7.12. The van der Waals surface area contributed by atoms with Crippen LogP contribution >= 0.6 is 0 Å². The molecule has 0 unspecified atom stereocenters. The molecule has 0 spiro atoms. The third-order valence-electron chi connectivity index (χ3n) is 2.24. The first-order chi connectivity index (χ1) is 6.88. The van der Waals surface area contributed by atoms with E-state index in [0.717, 1.165) is 0 Å². The maximum absolute atomic E-state index is 9.08. The fourth-order valence-corrected chi connectivity index (χ4v) is 1.73. The molecular formula is C10H21NO3S. The summed E-state index contributed by atoms with van der Waals surface area (Å²) in [5, 5.41) is 0. The molecule has 1 heterocycles. The van der Waals surface area contributed by atoms with Gasteiger partial charge in [-0.25, -0.2) is 13.0 Å². The van der Waals surface area contributed by atoms with Crippen molar-refractivity contribution in [3.05, 3.63) is 0 Å². The molecular weight excluding hydrogens is 214 g/mol. The molecule has 0 saturated carbocycles. The average molecular weight is 235 g/mol. The van der Waals surface area contributed by atoms with Crippen LogP contribution in [0.2, 0.25) is 0 Å². The lowest BCUT2D eigenvalue weighted by Gasteiger charge is -1.96. The van der Waals surface area contributed by atoms with Gasteiger partial charge in [0.15, 0.2) is 5.71 Å². The van der Waals surface area contributed by atoms with E-state index in [0.29, 0.717) is 6.26 Å². The summed E-state index contributed by atoms with van der Waals surface area (Å²) in [6.07, 6.45) is 5.91. The molecule has 0 fully saturated rings. The maximum Gasteiger partial charge on any atom is 0.152 e. The van der Waals surface area contributed by atoms with Crippen LogP contribution in [0.3, 0.4) is 0 Å². The van der Waals surface area contributed by atoms with Gasteiger partial charge in [-0.05, 0) is 0 Å². The Morgan fingerprint density at radius 1 is 1.40 bits per heavy atom. The van der Waals surface area contributed by atoms with Gasteiger partial charge in [0.05, 0.1) is 10.1 Å². The molecule has 0 N–H and O–H groups in total. The van der Waals surface area contributed by atoms with Gasteiger partial charge in [-0.2, -0.15) is 0 Å². The lowest BCUT2D eigenvalue weighted by molar-refractivity contribution is -0.520. The van der Waals surface area contributed by atoms with Crippen molar-refractivity contribution < 1.29 is 17.5 Å². The van der Waals surface area contributed by atoms with Gasteiger partial charge < -0.3 is 4.55 Å². The Balaban J connectivity index is 0.000000336. The minimum absolute atomic E-state index is 0.604.